The van der Waals surface area contributed by atoms with Gasteiger partial charge in [-0.3, -0.25) is 0 Å². The first kappa shape index (κ1) is 15.8. The highest BCUT2D eigenvalue weighted by atomic mass is 16.6. The fourth-order valence-electron chi connectivity index (χ4n) is 3.17. The van der Waals surface area contributed by atoms with E-state index in [1.807, 2.05) is 36.4 Å². The van der Waals surface area contributed by atoms with Gasteiger partial charge in [-0.1, -0.05) is 36.4 Å². The number of ether oxygens (including phenoxy) is 2. The topological polar surface area (TPSA) is 64.8 Å². The van der Waals surface area contributed by atoms with Gasteiger partial charge in [-0.25, -0.2) is 4.79 Å². The molecule has 3 heterocycles. The summed E-state index contributed by atoms with van der Waals surface area (Å²) in [5.74, 6) is -0.0587. The third kappa shape index (κ3) is 2.90. The second kappa shape index (κ2) is 6.66. The third-order valence-electron chi connectivity index (χ3n) is 4.36. The minimum Gasteiger partial charge on any atom is -0.477 e. The first-order chi connectivity index (χ1) is 12.3. The minimum atomic E-state index is -0.253. The Bertz CT molecular complexity index is 947. The van der Waals surface area contributed by atoms with Crippen LogP contribution in [-0.2, 0) is 16.0 Å². The van der Waals surface area contributed by atoms with Crippen molar-refractivity contribution < 1.29 is 19.0 Å². The van der Waals surface area contributed by atoms with Crippen molar-refractivity contribution in [3.8, 4) is 17.0 Å². The van der Waals surface area contributed by atoms with Crippen molar-refractivity contribution in [1.29, 1.82) is 0 Å². The lowest BCUT2D eigenvalue weighted by Crippen LogP contribution is -2.44. The molecule has 1 aliphatic heterocycles. The van der Waals surface area contributed by atoms with Gasteiger partial charge in [0.25, 0.3) is 11.5 Å². The summed E-state index contributed by atoms with van der Waals surface area (Å²) in [5.41, 5.74) is 1.31. The van der Waals surface area contributed by atoms with E-state index in [4.69, 9.17) is 9.47 Å². The number of hydrogen-bond acceptors (Lipinski definition) is 4. The van der Waals surface area contributed by atoms with Crippen LogP contribution in [0.25, 0.3) is 16.8 Å². The van der Waals surface area contributed by atoms with Gasteiger partial charge in [0.1, 0.15) is 12.6 Å². The largest absolute Gasteiger partial charge is 0.477 e. The van der Waals surface area contributed by atoms with Crippen molar-refractivity contribution in [1.82, 2.24) is 4.57 Å². The zero-order chi connectivity index (χ0) is 17.2. The number of rotatable bonds is 3. The van der Waals surface area contributed by atoms with Gasteiger partial charge in [-0.2, -0.15) is 8.97 Å². The molecule has 2 aromatic heterocycles. The molecule has 0 aliphatic carbocycles. The highest BCUT2D eigenvalue weighted by Gasteiger charge is 2.27. The highest BCUT2D eigenvalue weighted by Crippen LogP contribution is 2.26. The first-order valence-electron chi connectivity index (χ1n) is 8.26. The molecule has 6 heteroatoms. The lowest BCUT2D eigenvalue weighted by molar-refractivity contribution is -0.532. The molecule has 1 aromatic carbocycles. The molecule has 4 rings (SSSR count). The second-order valence-electron chi connectivity index (χ2n) is 5.98. The van der Waals surface area contributed by atoms with Gasteiger partial charge >= 0.3 is 5.56 Å². The third-order valence-corrected chi connectivity index (χ3v) is 4.36. The van der Waals surface area contributed by atoms with Crippen LogP contribution in [0.4, 0.5) is 0 Å². The molecule has 0 saturated carbocycles. The standard InChI is InChI=1S/C19H18N2O4/c22-18-17(14-6-2-1-3-7-14)19(23)21(12-15-13-24-10-11-25-15)16-8-4-5-9-20(16)18/h1-9,15H,10-13H2/p+1. The Morgan fingerprint density at radius 1 is 1.12 bits per heavy atom. The van der Waals surface area contributed by atoms with E-state index in [1.165, 1.54) is 0 Å². The van der Waals surface area contributed by atoms with Crippen molar-refractivity contribution in [2.75, 3.05) is 19.8 Å². The Morgan fingerprint density at radius 3 is 2.68 bits per heavy atom. The van der Waals surface area contributed by atoms with Gasteiger partial charge in [0.15, 0.2) is 5.56 Å². The molecule has 25 heavy (non-hydrogen) atoms. The zero-order valence-electron chi connectivity index (χ0n) is 13.7. The molecular formula is C19H19N2O4+. The minimum absolute atomic E-state index is 0.0587. The number of aromatic nitrogens is 2. The fraction of sp³-hybridized carbons (Fsp3) is 0.263. The van der Waals surface area contributed by atoms with Crippen LogP contribution < -0.4 is 9.96 Å². The molecule has 3 aromatic rings. The van der Waals surface area contributed by atoms with E-state index in [2.05, 4.69) is 0 Å². The predicted molar refractivity (Wildman–Crippen MR) is 91.5 cm³/mol. The average molecular weight is 339 g/mol. The van der Waals surface area contributed by atoms with Crippen molar-refractivity contribution in [3.63, 3.8) is 0 Å². The smallest absolute Gasteiger partial charge is 0.354 e. The van der Waals surface area contributed by atoms with Crippen molar-refractivity contribution in [2.45, 2.75) is 12.6 Å². The molecule has 6 nitrogen and oxygen atoms in total. The number of hydrogen-bond donors (Lipinski definition) is 1. The Kier molecular flexibility index (Phi) is 4.21. The van der Waals surface area contributed by atoms with Gasteiger partial charge in [0, 0.05) is 6.07 Å². The molecule has 0 amide bonds. The van der Waals surface area contributed by atoms with Crippen LogP contribution in [0.3, 0.4) is 0 Å². The van der Waals surface area contributed by atoms with Gasteiger partial charge in [-0.05, 0) is 11.6 Å². The number of fused-ring (bicyclic) bond motifs is 1. The lowest BCUT2D eigenvalue weighted by atomic mass is 10.1. The van der Waals surface area contributed by atoms with Crippen molar-refractivity contribution in [2.24, 2.45) is 0 Å². The van der Waals surface area contributed by atoms with Crippen LogP contribution in [0, 0.1) is 0 Å². The maximum atomic E-state index is 12.9. The monoisotopic (exact) mass is 339 g/mol. The Labute approximate surface area is 144 Å². The summed E-state index contributed by atoms with van der Waals surface area (Å²) in [4.78, 5) is 12.9. The maximum Gasteiger partial charge on any atom is 0.354 e. The normalized spacial score (nSPS) is 17.7. The van der Waals surface area contributed by atoms with Crippen LogP contribution in [0.15, 0.2) is 59.5 Å². The number of aromatic hydroxyl groups is 1. The van der Waals surface area contributed by atoms with Crippen LogP contribution >= 0.6 is 0 Å². The summed E-state index contributed by atoms with van der Waals surface area (Å²) >= 11 is 0. The van der Waals surface area contributed by atoms with E-state index < -0.39 is 0 Å². The first-order valence-corrected chi connectivity index (χ1v) is 8.26. The quantitative estimate of drug-likeness (QED) is 0.732. The van der Waals surface area contributed by atoms with E-state index in [9.17, 15) is 9.90 Å². The number of benzene rings is 1. The maximum absolute atomic E-state index is 12.9. The van der Waals surface area contributed by atoms with Crippen LogP contribution in [0.5, 0.6) is 5.88 Å². The van der Waals surface area contributed by atoms with Crippen LogP contribution in [0.1, 0.15) is 0 Å². The molecule has 128 valence electrons. The van der Waals surface area contributed by atoms with E-state index in [0.29, 0.717) is 37.6 Å². The predicted octanol–water partition coefficient (Wildman–Crippen LogP) is 1.38. The zero-order valence-corrected chi connectivity index (χ0v) is 13.7. The second-order valence-corrected chi connectivity index (χ2v) is 5.98. The molecule has 1 fully saturated rings. The summed E-state index contributed by atoms with van der Waals surface area (Å²) in [6.07, 6.45) is 1.54. The van der Waals surface area contributed by atoms with Gasteiger partial charge in [0.05, 0.1) is 26.0 Å². The average Bonchev–Trinajstić information content (AvgIpc) is 2.67. The molecule has 0 radical (unpaired) electrons. The molecule has 1 unspecified atom stereocenters. The molecule has 0 spiro atoms. The van der Waals surface area contributed by atoms with E-state index in [-0.39, 0.29) is 23.1 Å². The van der Waals surface area contributed by atoms with E-state index >= 15 is 0 Å². The molecule has 1 N–H and O–H groups in total. The summed E-state index contributed by atoms with van der Waals surface area (Å²) in [6, 6.07) is 14.6. The Hall–Kier alpha value is -2.70. The van der Waals surface area contributed by atoms with Gasteiger partial charge in [-0.15, -0.1) is 0 Å². The molecule has 0 bridgehead atoms. The SMILES string of the molecule is O=c1c(-c2ccccc2)c(O)n(CC2COCCO2)c2cccc[n+]12. The summed E-state index contributed by atoms with van der Waals surface area (Å²) in [7, 11) is 0. The molecular weight excluding hydrogens is 320 g/mol. The van der Waals surface area contributed by atoms with Crippen molar-refractivity contribution in [3.05, 3.63) is 65.1 Å². The lowest BCUT2D eigenvalue weighted by Gasteiger charge is -2.22. The molecule has 1 aliphatic rings. The summed E-state index contributed by atoms with van der Waals surface area (Å²) < 4.78 is 14.4. The van der Waals surface area contributed by atoms with Crippen LogP contribution in [0.2, 0.25) is 0 Å². The summed E-state index contributed by atoms with van der Waals surface area (Å²) in [5, 5.41) is 10.9. The highest BCUT2D eigenvalue weighted by molar-refractivity contribution is 5.67. The van der Waals surface area contributed by atoms with Gasteiger partial charge in [0.2, 0.25) is 0 Å². The van der Waals surface area contributed by atoms with Crippen molar-refractivity contribution >= 4 is 5.65 Å². The molecule has 1 saturated heterocycles. The Morgan fingerprint density at radius 2 is 1.92 bits per heavy atom. The van der Waals surface area contributed by atoms with Crippen LogP contribution in [-0.4, -0.2) is 35.6 Å². The Balaban J connectivity index is 1.92. The van der Waals surface area contributed by atoms with E-state index in [1.54, 1.807) is 27.3 Å². The van der Waals surface area contributed by atoms with E-state index in [0.717, 1.165) is 0 Å². The molecule has 1 atom stereocenters. The fourth-order valence-corrected chi connectivity index (χ4v) is 3.17. The summed E-state index contributed by atoms with van der Waals surface area (Å²) in [6.45, 7) is 1.98. The van der Waals surface area contributed by atoms with Gasteiger partial charge < -0.3 is 14.6 Å². The number of nitrogens with zero attached hydrogens (tertiary/aromatic N) is 2. The number of pyridine rings is 1.